The Labute approximate surface area is 120 Å². The van der Waals surface area contributed by atoms with Crippen LogP contribution in [0.2, 0.25) is 0 Å². The molecule has 1 rings (SSSR count). The van der Waals surface area contributed by atoms with Gasteiger partial charge in [0.05, 0.1) is 0 Å². The van der Waals surface area contributed by atoms with Crippen molar-refractivity contribution in [2.24, 2.45) is 0 Å². The normalized spacial score (nSPS) is 10.1. The van der Waals surface area contributed by atoms with Gasteiger partial charge >= 0.3 is 0 Å². The Morgan fingerprint density at radius 2 is 1.53 bits per heavy atom. The van der Waals surface area contributed by atoms with Crippen molar-refractivity contribution in [2.45, 2.75) is 73.1 Å². The van der Waals surface area contributed by atoms with Gasteiger partial charge in [-0.3, -0.25) is 0 Å². The second kappa shape index (κ2) is 9.77. The van der Waals surface area contributed by atoms with E-state index in [0.29, 0.717) is 5.92 Å². The molecule has 19 heavy (non-hydrogen) atoms. The first-order valence-electron chi connectivity index (χ1n) is 7.75. The summed E-state index contributed by atoms with van der Waals surface area (Å²) in [6, 6.07) is 4.46. The fourth-order valence-electron chi connectivity index (χ4n) is 2.61. The van der Waals surface area contributed by atoms with E-state index in [9.17, 15) is 0 Å². The van der Waals surface area contributed by atoms with E-state index >= 15 is 0 Å². The van der Waals surface area contributed by atoms with Gasteiger partial charge in [0.25, 0.3) is 0 Å². The van der Waals surface area contributed by atoms with Crippen molar-refractivity contribution in [3.63, 3.8) is 0 Å². The maximum atomic E-state index is 7.40. The summed E-state index contributed by atoms with van der Waals surface area (Å²) in [6.07, 6.45) is 6.50. The number of rotatable bonds is 6. The zero-order valence-electron chi connectivity index (χ0n) is 13.6. The van der Waals surface area contributed by atoms with Crippen LogP contribution in [0.15, 0.2) is 12.1 Å². The SMILES string of the molecule is CC.CCCC(CCC)c1cc(C)c(C=N)cc1C. The highest BCUT2D eigenvalue weighted by Gasteiger charge is 2.13. The molecule has 0 bridgehead atoms. The molecule has 0 aliphatic rings. The minimum atomic E-state index is 0.698. The van der Waals surface area contributed by atoms with Crippen LogP contribution in [-0.2, 0) is 0 Å². The first-order chi connectivity index (χ1) is 9.13. The summed E-state index contributed by atoms with van der Waals surface area (Å²) in [7, 11) is 0. The molecule has 1 nitrogen and oxygen atoms in total. The smallest absolute Gasteiger partial charge is 0.0253 e. The molecule has 0 unspecified atom stereocenters. The van der Waals surface area contributed by atoms with Crippen molar-refractivity contribution in [2.75, 3.05) is 0 Å². The van der Waals surface area contributed by atoms with Crippen molar-refractivity contribution in [3.8, 4) is 0 Å². The number of aryl methyl sites for hydroxylation is 2. The Balaban J connectivity index is 0.00000154. The molecule has 0 spiro atoms. The van der Waals surface area contributed by atoms with Crippen LogP contribution < -0.4 is 0 Å². The number of nitrogens with one attached hydrogen (secondary N) is 1. The molecule has 1 aromatic carbocycles. The molecule has 0 saturated heterocycles. The first kappa shape index (κ1) is 17.9. The van der Waals surface area contributed by atoms with E-state index in [2.05, 4.69) is 39.8 Å². The standard InChI is InChI=1S/C16H25N.C2H6/c1-5-7-14(8-6-2)16-10-12(3)15(11-17)9-13(16)4;1-2/h9-11,14,17H,5-8H2,1-4H3;1-2H3. The van der Waals surface area contributed by atoms with Gasteiger partial charge in [0.2, 0.25) is 0 Å². The summed E-state index contributed by atoms with van der Waals surface area (Å²) in [6.45, 7) is 12.8. The van der Waals surface area contributed by atoms with Gasteiger partial charge in [0.1, 0.15) is 0 Å². The Morgan fingerprint density at radius 3 is 1.95 bits per heavy atom. The van der Waals surface area contributed by atoms with E-state index in [0.717, 1.165) is 5.56 Å². The van der Waals surface area contributed by atoms with Crippen molar-refractivity contribution >= 4 is 6.21 Å². The lowest BCUT2D eigenvalue weighted by Gasteiger charge is -2.20. The van der Waals surface area contributed by atoms with E-state index in [1.165, 1.54) is 48.6 Å². The summed E-state index contributed by atoms with van der Waals surface area (Å²) < 4.78 is 0. The highest BCUT2D eigenvalue weighted by Crippen LogP contribution is 2.30. The lowest BCUT2D eigenvalue weighted by molar-refractivity contribution is 0.558. The average molecular weight is 261 g/mol. The van der Waals surface area contributed by atoms with Crippen LogP contribution in [0.5, 0.6) is 0 Å². The van der Waals surface area contributed by atoms with Gasteiger partial charge in [-0.05, 0) is 60.9 Å². The molecule has 0 heterocycles. The van der Waals surface area contributed by atoms with Crippen LogP contribution >= 0.6 is 0 Å². The zero-order chi connectivity index (χ0) is 14.8. The fraction of sp³-hybridized carbons (Fsp3) is 0.611. The molecule has 0 fully saturated rings. The molecule has 1 heteroatoms. The second-order valence-electron chi connectivity index (χ2n) is 4.98. The lowest BCUT2D eigenvalue weighted by Crippen LogP contribution is -2.03. The van der Waals surface area contributed by atoms with E-state index < -0.39 is 0 Å². The van der Waals surface area contributed by atoms with Crippen LogP contribution in [0, 0.1) is 19.3 Å². The number of hydrogen-bond donors (Lipinski definition) is 1. The zero-order valence-corrected chi connectivity index (χ0v) is 13.6. The molecular formula is C18H31N. The predicted octanol–water partition coefficient (Wildman–Crippen LogP) is 6.01. The molecule has 0 amide bonds. The molecular weight excluding hydrogens is 230 g/mol. The Bertz CT molecular complexity index is 374. The average Bonchev–Trinajstić information content (AvgIpc) is 2.43. The van der Waals surface area contributed by atoms with Gasteiger partial charge in [-0.15, -0.1) is 0 Å². The second-order valence-corrected chi connectivity index (χ2v) is 4.98. The highest BCUT2D eigenvalue weighted by atomic mass is 14.3. The maximum Gasteiger partial charge on any atom is 0.0253 e. The molecule has 1 aromatic rings. The van der Waals surface area contributed by atoms with Gasteiger partial charge in [0, 0.05) is 6.21 Å². The molecule has 0 radical (unpaired) electrons. The summed E-state index contributed by atoms with van der Waals surface area (Å²) in [4.78, 5) is 0. The quantitative estimate of drug-likeness (QED) is 0.606. The van der Waals surface area contributed by atoms with Crippen LogP contribution in [0.1, 0.15) is 81.5 Å². The van der Waals surface area contributed by atoms with Crippen molar-refractivity contribution < 1.29 is 0 Å². The maximum absolute atomic E-state index is 7.40. The Kier molecular flexibility index (Phi) is 9.20. The van der Waals surface area contributed by atoms with Crippen molar-refractivity contribution in [3.05, 3.63) is 34.4 Å². The summed E-state index contributed by atoms with van der Waals surface area (Å²) in [5.74, 6) is 0.698. The minimum Gasteiger partial charge on any atom is -0.308 e. The predicted molar refractivity (Wildman–Crippen MR) is 87.7 cm³/mol. The van der Waals surface area contributed by atoms with E-state index in [-0.39, 0.29) is 0 Å². The van der Waals surface area contributed by atoms with Gasteiger partial charge in [-0.2, -0.15) is 0 Å². The van der Waals surface area contributed by atoms with Crippen LogP contribution in [0.3, 0.4) is 0 Å². The molecule has 0 aromatic heterocycles. The van der Waals surface area contributed by atoms with Gasteiger partial charge in [-0.25, -0.2) is 0 Å². The van der Waals surface area contributed by atoms with E-state index in [1.807, 2.05) is 13.8 Å². The van der Waals surface area contributed by atoms with Crippen LogP contribution in [0.25, 0.3) is 0 Å². The van der Waals surface area contributed by atoms with Crippen molar-refractivity contribution in [1.29, 1.82) is 5.41 Å². The summed E-state index contributed by atoms with van der Waals surface area (Å²) in [5, 5.41) is 7.40. The Morgan fingerprint density at radius 1 is 1.00 bits per heavy atom. The highest BCUT2D eigenvalue weighted by molar-refractivity contribution is 5.79. The third-order valence-electron chi connectivity index (χ3n) is 3.52. The molecule has 0 saturated carbocycles. The lowest BCUT2D eigenvalue weighted by atomic mass is 9.85. The molecule has 0 aliphatic carbocycles. The third kappa shape index (κ3) is 5.18. The van der Waals surface area contributed by atoms with Gasteiger partial charge in [0.15, 0.2) is 0 Å². The largest absolute Gasteiger partial charge is 0.308 e. The Hall–Kier alpha value is -1.11. The fourth-order valence-corrected chi connectivity index (χ4v) is 2.61. The topological polar surface area (TPSA) is 23.9 Å². The van der Waals surface area contributed by atoms with Gasteiger partial charge in [-0.1, -0.05) is 46.6 Å². The molecule has 0 atom stereocenters. The van der Waals surface area contributed by atoms with Crippen LogP contribution in [-0.4, -0.2) is 6.21 Å². The van der Waals surface area contributed by atoms with Crippen molar-refractivity contribution in [1.82, 2.24) is 0 Å². The van der Waals surface area contributed by atoms with E-state index in [4.69, 9.17) is 5.41 Å². The molecule has 1 N–H and O–H groups in total. The van der Waals surface area contributed by atoms with Crippen LogP contribution in [0.4, 0.5) is 0 Å². The summed E-state index contributed by atoms with van der Waals surface area (Å²) >= 11 is 0. The number of benzene rings is 1. The third-order valence-corrected chi connectivity index (χ3v) is 3.52. The molecule has 0 aliphatic heterocycles. The first-order valence-corrected chi connectivity index (χ1v) is 7.75. The van der Waals surface area contributed by atoms with E-state index in [1.54, 1.807) is 0 Å². The monoisotopic (exact) mass is 261 g/mol. The molecule has 108 valence electrons. The number of hydrogen-bond acceptors (Lipinski definition) is 1. The minimum absolute atomic E-state index is 0.698. The summed E-state index contributed by atoms with van der Waals surface area (Å²) in [5.41, 5.74) is 5.13. The van der Waals surface area contributed by atoms with Gasteiger partial charge < -0.3 is 5.41 Å².